The average Bonchev–Trinajstić information content (AvgIpc) is 2.82. The molecule has 0 atom stereocenters. The topological polar surface area (TPSA) is 82.1 Å². The lowest BCUT2D eigenvalue weighted by Gasteiger charge is -2.19. The van der Waals surface area contributed by atoms with Crippen LogP contribution in [0.25, 0.3) is 0 Å². The summed E-state index contributed by atoms with van der Waals surface area (Å²) < 4.78 is 41.8. The average molecular weight is 482 g/mol. The molecule has 0 unspecified atom stereocenters. The monoisotopic (exact) mass is 481 g/mol. The molecule has 0 aliphatic rings. The van der Waals surface area contributed by atoms with Gasteiger partial charge in [-0.1, -0.05) is 57.2 Å². The van der Waals surface area contributed by atoms with E-state index in [2.05, 4.69) is 6.92 Å². The first-order valence-corrected chi connectivity index (χ1v) is 13.0. The number of unbranched alkanes of at least 4 members (excludes halogenated alkanes) is 5. The van der Waals surface area contributed by atoms with Crippen LogP contribution in [0.15, 0.2) is 58.5 Å². The van der Waals surface area contributed by atoms with Crippen LogP contribution >= 0.6 is 0 Å². The minimum atomic E-state index is -4.02. The molecule has 0 N–H and O–H groups in total. The molecule has 0 aliphatic carbocycles. The molecule has 0 fully saturated rings. The van der Waals surface area contributed by atoms with Gasteiger partial charge in [0.1, 0.15) is 0 Å². The van der Waals surface area contributed by atoms with Crippen molar-refractivity contribution < 1.29 is 27.4 Å². The third kappa shape index (κ3) is 11.5. The van der Waals surface area contributed by atoms with Crippen LogP contribution in [0.2, 0.25) is 0 Å². The quantitative estimate of drug-likeness (QED) is 0.133. The maximum Gasteiger partial charge on any atom is 0.350 e. The number of nitrogens with zero attached hydrogens (tertiary/aromatic N) is 1. The summed E-state index contributed by atoms with van der Waals surface area (Å²) >= 11 is 0. The predicted molar refractivity (Wildman–Crippen MR) is 131 cm³/mol. The van der Waals surface area contributed by atoms with E-state index >= 15 is 0 Å². The van der Waals surface area contributed by atoms with Crippen molar-refractivity contribution in [2.75, 3.05) is 47.1 Å². The Bertz CT molecular complexity index is 813. The van der Waals surface area contributed by atoms with Crippen LogP contribution in [0, 0.1) is 0 Å². The highest BCUT2D eigenvalue weighted by Crippen LogP contribution is 2.21. The van der Waals surface area contributed by atoms with Crippen LogP contribution < -0.4 is 0 Å². The zero-order valence-corrected chi connectivity index (χ0v) is 21.0. The molecule has 0 radical (unpaired) electrons. The third-order valence-electron chi connectivity index (χ3n) is 4.98. The molecule has 0 spiro atoms. The number of esters is 1. The standard InChI is InChI=1S/C25H39NO6S/c1-4-5-6-7-8-12-20-32-25(27)24(33(28,29)23-14-10-9-11-15-23)16-13-17-26(18-21-30-2)19-22-31-3/h9-11,13-17H,4-8,12,18-22H2,1-3H3/b17-13+,24-16-. The smallest absolute Gasteiger partial charge is 0.350 e. The Kier molecular flexibility index (Phi) is 15.2. The van der Waals surface area contributed by atoms with Crippen LogP contribution in [-0.2, 0) is 28.8 Å². The van der Waals surface area contributed by atoms with E-state index in [0.717, 1.165) is 19.3 Å². The normalized spacial score (nSPS) is 12.3. The number of ether oxygens (including phenoxy) is 3. The number of methoxy groups -OCH3 is 2. The Morgan fingerprint density at radius 1 is 0.909 bits per heavy atom. The van der Waals surface area contributed by atoms with Crippen molar-refractivity contribution in [3.05, 3.63) is 53.6 Å². The Morgan fingerprint density at radius 3 is 2.12 bits per heavy atom. The second-order valence-corrected chi connectivity index (χ2v) is 9.53. The molecular weight excluding hydrogens is 442 g/mol. The highest BCUT2D eigenvalue weighted by molar-refractivity contribution is 7.96. The Hall–Kier alpha value is -2.16. The molecule has 0 aromatic heterocycles. The lowest BCUT2D eigenvalue weighted by Crippen LogP contribution is -2.25. The van der Waals surface area contributed by atoms with Gasteiger partial charge in [-0.15, -0.1) is 0 Å². The number of rotatable bonds is 18. The molecule has 1 rings (SSSR count). The van der Waals surface area contributed by atoms with Crippen molar-refractivity contribution in [3.8, 4) is 0 Å². The Balaban J connectivity index is 2.96. The first kappa shape index (κ1) is 28.9. The van der Waals surface area contributed by atoms with E-state index in [1.165, 1.54) is 31.1 Å². The van der Waals surface area contributed by atoms with Crippen LogP contribution in [0.1, 0.15) is 45.4 Å². The van der Waals surface area contributed by atoms with Crippen LogP contribution in [0.5, 0.6) is 0 Å². The largest absolute Gasteiger partial charge is 0.462 e. The third-order valence-corrected chi connectivity index (χ3v) is 6.76. The van der Waals surface area contributed by atoms with E-state index in [9.17, 15) is 13.2 Å². The second-order valence-electron chi connectivity index (χ2n) is 7.61. The Morgan fingerprint density at radius 2 is 1.52 bits per heavy atom. The van der Waals surface area contributed by atoms with Crippen LogP contribution in [0.3, 0.4) is 0 Å². The summed E-state index contributed by atoms with van der Waals surface area (Å²) in [5.74, 6) is -0.836. The molecule has 7 nitrogen and oxygen atoms in total. The van der Waals surface area contributed by atoms with Gasteiger partial charge in [0.15, 0.2) is 4.91 Å². The molecule has 0 bridgehead atoms. The van der Waals surface area contributed by atoms with Crippen LogP contribution in [-0.4, -0.2) is 66.4 Å². The van der Waals surface area contributed by atoms with Crippen molar-refractivity contribution in [1.29, 1.82) is 0 Å². The van der Waals surface area contributed by atoms with E-state index in [1.54, 1.807) is 44.7 Å². The lowest BCUT2D eigenvalue weighted by molar-refractivity contribution is -0.138. The van der Waals surface area contributed by atoms with E-state index in [4.69, 9.17) is 14.2 Å². The van der Waals surface area contributed by atoms with Crippen molar-refractivity contribution in [1.82, 2.24) is 4.90 Å². The lowest BCUT2D eigenvalue weighted by atomic mass is 10.1. The molecular formula is C25H39NO6S. The van der Waals surface area contributed by atoms with Gasteiger partial charge in [-0.05, 0) is 36.9 Å². The van der Waals surface area contributed by atoms with Gasteiger partial charge in [0.2, 0.25) is 9.84 Å². The zero-order chi connectivity index (χ0) is 24.4. The van der Waals surface area contributed by atoms with Gasteiger partial charge in [-0.2, -0.15) is 0 Å². The SMILES string of the molecule is CCCCCCCCOC(=O)/C(=C/C=C/N(CCOC)CCOC)S(=O)(=O)c1ccccc1. The first-order valence-electron chi connectivity index (χ1n) is 11.5. The summed E-state index contributed by atoms with van der Waals surface area (Å²) in [6.07, 6.45) is 10.8. The molecule has 0 amide bonds. The minimum absolute atomic E-state index is 0.0526. The molecule has 0 saturated heterocycles. The molecule has 0 saturated carbocycles. The second kappa shape index (κ2) is 17.3. The maximum atomic E-state index is 13.1. The minimum Gasteiger partial charge on any atom is -0.462 e. The fourth-order valence-electron chi connectivity index (χ4n) is 3.04. The maximum absolute atomic E-state index is 13.1. The number of hydrogen-bond acceptors (Lipinski definition) is 7. The van der Waals surface area contributed by atoms with Crippen molar-refractivity contribution >= 4 is 15.8 Å². The fraction of sp³-hybridized carbons (Fsp3) is 0.560. The number of sulfone groups is 1. The number of carbonyl (C=O) groups is 1. The number of benzene rings is 1. The van der Waals surface area contributed by atoms with Gasteiger partial charge in [0, 0.05) is 27.3 Å². The van der Waals surface area contributed by atoms with Crippen molar-refractivity contribution in [3.63, 3.8) is 0 Å². The summed E-state index contributed by atoms with van der Waals surface area (Å²) in [4.78, 5) is 14.4. The Labute approximate surface area is 199 Å². The van der Waals surface area contributed by atoms with Crippen molar-refractivity contribution in [2.24, 2.45) is 0 Å². The number of carbonyl (C=O) groups excluding carboxylic acids is 1. The van der Waals surface area contributed by atoms with E-state index in [1.807, 2.05) is 4.90 Å². The highest BCUT2D eigenvalue weighted by atomic mass is 32.2. The zero-order valence-electron chi connectivity index (χ0n) is 20.2. The van der Waals surface area contributed by atoms with E-state index in [-0.39, 0.29) is 16.4 Å². The molecule has 1 aromatic rings. The summed E-state index contributed by atoms with van der Waals surface area (Å²) in [6, 6.07) is 7.91. The van der Waals surface area contributed by atoms with Gasteiger partial charge in [-0.25, -0.2) is 13.2 Å². The molecule has 0 aliphatic heterocycles. The summed E-state index contributed by atoms with van der Waals surface area (Å²) in [5, 5.41) is 0. The molecule has 186 valence electrons. The van der Waals surface area contributed by atoms with E-state index < -0.39 is 15.8 Å². The molecule has 33 heavy (non-hydrogen) atoms. The van der Waals surface area contributed by atoms with Gasteiger partial charge in [0.05, 0.1) is 24.7 Å². The summed E-state index contributed by atoms with van der Waals surface area (Å²) in [5.41, 5.74) is 0. The number of hydrogen-bond donors (Lipinski definition) is 0. The number of allylic oxidation sites excluding steroid dienone is 2. The van der Waals surface area contributed by atoms with Gasteiger partial charge in [0.25, 0.3) is 0 Å². The predicted octanol–water partition coefficient (Wildman–Crippen LogP) is 4.36. The van der Waals surface area contributed by atoms with Gasteiger partial charge in [-0.3, -0.25) is 0 Å². The first-order chi connectivity index (χ1) is 16.0. The van der Waals surface area contributed by atoms with Gasteiger partial charge < -0.3 is 19.1 Å². The fourth-order valence-corrected chi connectivity index (χ4v) is 4.35. The van der Waals surface area contributed by atoms with E-state index in [0.29, 0.717) is 32.7 Å². The highest BCUT2D eigenvalue weighted by Gasteiger charge is 2.27. The van der Waals surface area contributed by atoms with Gasteiger partial charge >= 0.3 is 5.97 Å². The molecule has 8 heteroatoms. The summed E-state index contributed by atoms with van der Waals surface area (Å²) in [7, 11) is -0.792. The van der Waals surface area contributed by atoms with Crippen LogP contribution in [0.4, 0.5) is 0 Å². The molecule has 0 heterocycles. The van der Waals surface area contributed by atoms with Crippen molar-refractivity contribution in [2.45, 2.75) is 50.3 Å². The molecule has 1 aromatic carbocycles. The summed E-state index contributed by atoms with van der Waals surface area (Å²) in [6.45, 7) is 4.58.